The van der Waals surface area contributed by atoms with E-state index in [-0.39, 0.29) is 49.8 Å². The van der Waals surface area contributed by atoms with E-state index in [0.29, 0.717) is 12.0 Å². The summed E-state index contributed by atoms with van der Waals surface area (Å²) in [4.78, 5) is 44.4. The Kier molecular flexibility index (Phi) is 7.78. The second kappa shape index (κ2) is 10.1. The number of likely N-dealkylation sites (tertiary alicyclic amines) is 1. The molecule has 1 aromatic rings. The SMILES string of the molecule is CCOC(=O)CC[C@@H]1[C@H](N)C(=O)N1CN(Cc1ccc([N+](=O)[O-])cc1)OON. The number of nitro benzene ring substituents is 1. The Morgan fingerprint density at radius 2 is 2.04 bits per heavy atom. The molecule has 12 nitrogen and oxygen atoms in total. The van der Waals surface area contributed by atoms with Crippen LogP contribution in [-0.2, 0) is 30.8 Å². The number of esters is 1. The predicted molar refractivity (Wildman–Crippen MR) is 94.3 cm³/mol. The van der Waals surface area contributed by atoms with Crippen LogP contribution in [0.4, 0.5) is 5.69 Å². The van der Waals surface area contributed by atoms with Gasteiger partial charge in [-0.05, 0) is 18.9 Å². The van der Waals surface area contributed by atoms with Gasteiger partial charge >= 0.3 is 5.97 Å². The summed E-state index contributed by atoms with van der Waals surface area (Å²) in [6.45, 7) is 2.11. The molecule has 1 fully saturated rings. The summed E-state index contributed by atoms with van der Waals surface area (Å²) in [5.74, 6) is 4.30. The molecule has 0 aliphatic carbocycles. The number of hydroxylamine groups is 2. The number of amides is 1. The number of β-lactam (4-membered cyclic amide) rings is 1. The van der Waals surface area contributed by atoms with Crippen LogP contribution < -0.4 is 11.6 Å². The minimum absolute atomic E-state index is 0.0196. The van der Waals surface area contributed by atoms with Crippen molar-refractivity contribution >= 4 is 17.6 Å². The highest BCUT2D eigenvalue weighted by molar-refractivity contribution is 5.89. The third kappa shape index (κ3) is 5.43. The molecule has 2 atom stereocenters. The number of rotatable bonds is 11. The van der Waals surface area contributed by atoms with Gasteiger partial charge in [0.1, 0.15) is 12.7 Å². The van der Waals surface area contributed by atoms with Gasteiger partial charge in [0.25, 0.3) is 5.69 Å². The second-order valence-electron chi connectivity index (χ2n) is 6.12. The number of carbonyl (C=O) groups excluding carboxylic acids is 2. The standard InChI is InChI=1S/C16H23N5O7/c1-2-26-14(22)8-7-13-15(17)16(23)20(13)10-19(28-27-18)9-11-3-5-12(6-4-11)21(24)25/h3-6,13,15H,2,7-10,17-18H2,1H3/t13-,15+/m1/s1. The topological polar surface area (TPSA) is 163 Å². The van der Waals surface area contributed by atoms with Crippen LogP contribution in [0.2, 0.25) is 0 Å². The van der Waals surface area contributed by atoms with Gasteiger partial charge in [0.2, 0.25) is 5.91 Å². The summed E-state index contributed by atoms with van der Waals surface area (Å²) in [7, 11) is 0. The van der Waals surface area contributed by atoms with Crippen LogP contribution in [-0.4, -0.2) is 52.1 Å². The molecule has 1 aromatic carbocycles. The second-order valence-corrected chi connectivity index (χ2v) is 6.12. The van der Waals surface area contributed by atoms with Gasteiger partial charge in [-0.2, -0.15) is 5.90 Å². The lowest BCUT2D eigenvalue weighted by atomic mass is 9.92. The number of non-ortho nitro benzene ring substituents is 1. The van der Waals surface area contributed by atoms with Crippen molar-refractivity contribution in [1.29, 1.82) is 0 Å². The van der Waals surface area contributed by atoms with Gasteiger partial charge in [-0.25, -0.2) is 0 Å². The van der Waals surface area contributed by atoms with Crippen molar-refractivity contribution in [1.82, 2.24) is 9.96 Å². The molecule has 0 aromatic heterocycles. The molecule has 1 aliphatic heterocycles. The van der Waals surface area contributed by atoms with E-state index >= 15 is 0 Å². The number of nitrogens with two attached hydrogens (primary N) is 2. The highest BCUT2D eigenvalue weighted by atomic mass is 17.3. The lowest BCUT2D eigenvalue weighted by Crippen LogP contribution is -2.70. The fraction of sp³-hybridized carbons (Fsp3) is 0.500. The van der Waals surface area contributed by atoms with E-state index in [1.165, 1.54) is 22.1 Å². The Hall–Kier alpha value is -2.64. The molecular weight excluding hydrogens is 374 g/mol. The molecule has 154 valence electrons. The molecule has 2 rings (SSSR count). The first-order valence-electron chi connectivity index (χ1n) is 8.60. The quantitative estimate of drug-likeness (QED) is 0.170. The first kappa shape index (κ1) is 21.7. The number of nitrogens with zero attached hydrogens (tertiary/aromatic N) is 3. The van der Waals surface area contributed by atoms with Crippen LogP contribution in [0.1, 0.15) is 25.3 Å². The van der Waals surface area contributed by atoms with Crippen molar-refractivity contribution in [2.45, 2.75) is 38.4 Å². The van der Waals surface area contributed by atoms with E-state index in [9.17, 15) is 19.7 Å². The molecule has 1 saturated heterocycles. The summed E-state index contributed by atoms with van der Waals surface area (Å²) in [5, 5.41) is 12.0. The molecule has 0 unspecified atom stereocenters. The first-order valence-corrected chi connectivity index (χ1v) is 8.60. The van der Waals surface area contributed by atoms with Crippen LogP contribution >= 0.6 is 0 Å². The number of nitro groups is 1. The fourth-order valence-electron chi connectivity index (χ4n) is 2.90. The molecule has 1 heterocycles. The van der Waals surface area contributed by atoms with Gasteiger partial charge in [0.05, 0.1) is 24.1 Å². The van der Waals surface area contributed by atoms with Gasteiger partial charge < -0.3 is 15.4 Å². The third-order valence-corrected chi connectivity index (χ3v) is 4.30. The Bertz CT molecular complexity index is 699. The molecular formula is C16H23N5O7. The van der Waals surface area contributed by atoms with Crippen LogP contribution in [0.5, 0.6) is 0 Å². The normalized spacial score (nSPS) is 18.9. The lowest BCUT2D eigenvalue weighted by Gasteiger charge is -2.46. The summed E-state index contributed by atoms with van der Waals surface area (Å²) in [5.41, 5.74) is 6.46. The zero-order chi connectivity index (χ0) is 20.7. The number of hydrogen-bond acceptors (Lipinski definition) is 10. The number of benzene rings is 1. The van der Waals surface area contributed by atoms with Gasteiger partial charge in [-0.3, -0.25) is 19.7 Å². The monoisotopic (exact) mass is 397 g/mol. The maximum atomic E-state index is 12.1. The number of ether oxygens (including phenoxy) is 1. The van der Waals surface area contributed by atoms with E-state index in [0.717, 1.165) is 0 Å². The predicted octanol–water partition coefficient (Wildman–Crippen LogP) is -0.0274. The highest BCUT2D eigenvalue weighted by Crippen LogP contribution is 2.24. The zero-order valence-electron chi connectivity index (χ0n) is 15.4. The number of carbonyl (C=O) groups is 2. The maximum Gasteiger partial charge on any atom is 0.305 e. The molecule has 0 radical (unpaired) electrons. The molecule has 0 saturated carbocycles. The van der Waals surface area contributed by atoms with Crippen LogP contribution in [0.15, 0.2) is 24.3 Å². The summed E-state index contributed by atoms with van der Waals surface area (Å²) in [6.07, 6.45) is 0.479. The zero-order valence-corrected chi connectivity index (χ0v) is 15.4. The molecule has 28 heavy (non-hydrogen) atoms. The van der Waals surface area contributed by atoms with E-state index in [2.05, 4.69) is 4.99 Å². The summed E-state index contributed by atoms with van der Waals surface area (Å²) in [6, 6.07) is 4.72. The van der Waals surface area contributed by atoms with E-state index in [4.69, 9.17) is 21.4 Å². The first-order chi connectivity index (χ1) is 13.4. The van der Waals surface area contributed by atoms with Crippen LogP contribution in [0, 0.1) is 10.1 Å². The van der Waals surface area contributed by atoms with Crippen molar-refractivity contribution < 1.29 is 29.2 Å². The molecule has 1 amide bonds. The number of hydrogen-bond donors (Lipinski definition) is 2. The van der Waals surface area contributed by atoms with E-state index in [1.54, 1.807) is 19.1 Å². The van der Waals surface area contributed by atoms with Crippen molar-refractivity contribution in [2.75, 3.05) is 13.3 Å². The molecule has 0 bridgehead atoms. The minimum Gasteiger partial charge on any atom is -0.466 e. The van der Waals surface area contributed by atoms with E-state index < -0.39 is 11.0 Å². The molecule has 1 aliphatic rings. The van der Waals surface area contributed by atoms with Gasteiger partial charge in [-0.1, -0.05) is 12.1 Å². The van der Waals surface area contributed by atoms with Crippen molar-refractivity contribution in [3.8, 4) is 0 Å². The fourth-order valence-corrected chi connectivity index (χ4v) is 2.90. The smallest absolute Gasteiger partial charge is 0.305 e. The van der Waals surface area contributed by atoms with Crippen LogP contribution in [0.3, 0.4) is 0 Å². The molecule has 4 N–H and O–H groups in total. The Morgan fingerprint density at radius 1 is 1.36 bits per heavy atom. The van der Waals surface area contributed by atoms with Gasteiger partial charge in [0.15, 0.2) is 0 Å². The van der Waals surface area contributed by atoms with Gasteiger partial charge in [-0.15, -0.1) is 15.0 Å². The summed E-state index contributed by atoms with van der Waals surface area (Å²) < 4.78 is 4.88. The molecule has 0 spiro atoms. The Balaban J connectivity index is 1.97. The summed E-state index contributed by atoms with van der Waals surface area (Å²) >= 11 is 0. The maximum absolute atomic E-state index is 12.1. The van der Waals surface area contributed by atoms with Crippen molar-refractivity contribution in [3.05, 3.63) is 39.9 Å². The average molecular weight is 397 g/mol. The average Bonchev–Trinajstić information content (AvgIpc) is 2.67. The lowest BCUT2D eigenvalue weighted by molar-refractivity contribution is -0.441. The van der Waals surface area contributed by atoms with Crippen molar-refractivity contribution in [2.24, 2.45) is 11.6 Å². The minimum atomic E-state index is -0.713. The van der Waals surface area contributed by atoms with Crippen LogP contribution in [0.25, 0.3) is 0 Å². The van der Waals surface area contributed by atoms with E-state index in [1.807, 2.05) is 0 Å². The third-order valence-electron chi connectivity index (χ3n) is 4.30. The Labute approximate surface area is 160 Å². The largest absolute Gasteiger partial charge is 0.466 e. The van der Waals surface area contributed by atoms with Crippen molar-refractivity contribution in [3.63, 3.8) is 0 Å². The van der Waals surface area contributed by atoms with Gasteiger partial charge in [0, 0.05) is 18.6 Å². The highest BCUT2D eigenvalue weighted by Gasteiger charge is 2.45. The molecule has 12 heteroatoms. The Morgan fingerprint density at radius 3 is 2.61 bits per heavy atom.